The quantitative estimate of drug-likeness (QED) is 0.432. The molecule has 0 aromatic heterocycles. The number of benzene rings is 2. The van der Waals surface area contributed by atoms with Crippen LogP contribution < -0.4 is 8.92 Å². The van der Waals surface area contributed by atoms with Crippen molar-refractivity contribution in [1.82, 2.24) is 4.90 Å². The summed E-state index contributed by atoms with van der Waals surface area (Å²) in [6.45, 7) is 4.18. The number of amides is 1. The van der Waals surface area contributed by atoms with Crippen LogP contribution >= 0.6 is 0 Å². The Morgan fingerprint density at radius 2 is 1.85 bits per heavy atom. The van der Waals surface area contributed by atoms with E-state index in [1.54, 1.807) is 11.0 Å². The summed E-state index contributed by atoms with van der Waals surface area (Å²) in [6, 6.07) is 7.96. The van der Waals surface area contributed by atoms with Crippen LogP contribution in [-0.2, 0) is 27.6 Å². The molecule has 3 rings (SSSR count). The first-order valence-electron chi connectivity index (χ1n) is 11.1. The van der Waals surface area contributed by atoms with Crippen LogP contribution in [0.25, 0.3) is 0 Å². The maximum Gasteiger partial charge on any atom is 0.416 e. The number of alkyl halides is 3. The Morgan fingerprint density at radius 3 is 2.41 bits per heavy atom. The average molecular weight is 500 g/mol. The highest BCUT2D eigenvalue weighted by Crippen LogP contribution is 2.35. The highest BCUT2D eigenvalue weighted by atomic mass is 32.2. The third-order valence-corrected chi connectivity index (χ3v) is 7.32. The van der Waals surface area contributed by atoms with Crippen LogP contribution in [0, 0.1) is 5.92 Å². The van der Waals surface area contributed by atoms with E-state index in [9.17, 15) is 26.4 Å². The number of halogens is 3. The van der Waals surface area contributed by atoms with Gasteiger partial charge in [0.05, 0.1) is 12.7 Å². The molecule has 1 fully saturated rings. The van der Waals surface area contributed by atoms with Gasteiger partial charge in [-0.05, 0) is 62.1 Å². The molecule has 0 saturated heterocycles. The van der Waals surface area contributed by atoms with Crippen molar-refractivity contribution in [3.05, 3.63) is 53.6 Å². The number of carbonyl (C=O) groups is 1. The van der Waals surface area contributed by atoms with Gasteiger partial charge in [0, 0.05) is 18.5 Å². The molecule has 2 aromatic carbocycles. The molecule has 186 valence electrons. The van der Waals surface area contributed by atoms with Gasteiger partial charge >= 0.3 is 16.3 Å². The molecule has 1 aliphatic carbocycles. The molecule has 1 atom stereocenters. The van der Waals surface area contributed by atoms with Crippen molar-refractivity contribution >= 4 is 16.0 Å². The van der Waals surface area contributed by atoms with E-state index in [2.05, 4.69) is 0 Å². The number of hydrogen-bond donors (Lipinski definition) is 0. The van der Waals surface area contributed by atoms with Crippen LogP contribution in [0.1, 0.15) is 50.7 Å². The maximum absolute atomic E-state index is 13.0. The molecule has 0 N–H and O–H groups in total. The molecule has 10 heteroatoms. The Labute approximate surface area is 197 Å². The standard InChI is InChI=1S/C24H28F3NO5S/c1-4-16(2)28(23(29)18-7-5-8-18)15-17-11-12-21(32-3)22(13-17)33-34(30,31)20-10-6-9-19(14-20)24(25,26)27/h6,9-14,16,18H,4-5,7-8,15H2,1-3H3/t16-/m1/s1. The van der Waals surface area contributed by atoms with E-state index in [1.807, 2.05) is 13.8 Å². The van der Waals surface area contributed by atoms with Gasteiger partial charge in [0.1, 0.15) is 4.90 Å². The smallest absolute Gasteiger partial charge is 0.416 e. The molecule has 6 nitrogen and oxygen atoms in total. The molecule has 0 unspecified atom stereocenters. The number of nitrogens with zero attached hydrogens (tertiary/aromatic N) is 1. The van der Waals surface area contributed by atoms with Gasteiger partial charge < -0.3 is 13.8 Å². The van der Waals surface area contributed by atoms with Crippen molar-refractivity contribution in [2.75, 3.05) is 7.11 Å². The normalized spacial score (nSPS) is 15.4. The lowest BCUT2D eigenvalue weighted by Crippen LogP contribution is -2.43. The van der Waals surface area contributed by atoms with E-state index in [4.69, 9.17) is 8.92 Å². The van der Waals surface area contributed by atoms with Crippen LogP contribution in [0.4, 0.5) is 13.2 Å². The molecule has 0 bridgehead atoms. The first-order chi connectivity index (χ1) is 16.0. The summed E-state index contributed by atoms with van der Waals surface area (Å²) >= 11 is 0. The van der Waals surface area contributed by atoms with Gasteiger partial charge in [-0.1, -0.05) is 25.5 Å². The summed E-state index contributed by atoms with van der Waals surface area (Å²) in [5, 5.41) is 0. The minimum absolute atomic E-state index is 0.00394. The minimum atomic E-state index is -4.70. The highest BCUT2D eigenvalue weighted by molar-refractivity contribution is 7.87. The Kier molecular flexibility index (Phi) is 7.80. The average Bonchev–Trinajstić information content (AvgIpc) is 2.75. The molecule has 0 heterocycles. The summed E-state index contributed by atoms with van der Waals surface area (Å²) in [7, 11) is -3.26. The summed E-state index contributed by atoms with van der Waals surface area (Å²) in [5.74, 6) is -0.00274. The second kappa shape index (κ2) is 10.2. The first-order valence-corrected chi connectivity index (χ1v) is 12.5. The second-order valence-corrected chi connectivity index (χ2v) is 9.95. The monoisotopic (exact) mass is 499 g/mol. The summed E-state index contributed by atoms with van der Waals surface area (Å²) < 4.78 is 75.0. The number of methoxy groups -OCH3 is 1. The molecule has 2 aromatic rings. The van der Waals surface area contributed by atoms with Crippen molar-refractivity contribution in [3.8, 4) is 11.5 Å². The van der Waals surface area contributed by atoms with E-state index in [1.165, 1.54) is 19.2 Å². The van der Waals surface area contributed by atoms with E-state index in [0.29, 0.717) is 11.6 Å². The Hall–Kier alpha value is -2.75. The number of carbonyl (C=O) groups excluding carboxylic acids is 1. The van der Waals surface area contributed by atoms with E-state index in [0.717, 1.165) is 43.9 Å². The van der Waals surface area contributed by atoms with Gasteiger partial charge in [0.25, 0.3) is 0 Å². The predicted molar refractivity (Wildman–Crippen MR) is 120 cm³/mol. The molecule has 34 heavy (non-hydrogen) atoms. The molecule has 0 radical (unpaired) electrons. The predicted octanol–water partition coefficient (Wildman–Crippen LogP) is 5.41. The van der Waals surface area contributed by atoms with Gasteiger partial charge in [-0.2, -0.15) is 21.6 Å². The summed E-state index contributed by atoms with van der Waals surface area (Å²) in [6.07, 6.45) is -1.20. The Balaban J connectivity index is 1.89. The lowest BCUT2D eigenvalue weighted by atomic mass is 9.84. The lowest BCUT2D eigenvalue weighted by Gasteiger charge is -2.35. The molecular weight excluding hydrogens is 471 g/mol. The van der Waals surface area contributed by atoms with Crippen molar-refractivity contribution in [2.24, 2.45) is 5.92 Å². The lowest BCUT2D eigenvalue weighted by molar-refractivity contribution is -0.141. The van der Waals surface area contributed by atoms with Gasteiger partial charge in [-0.25, -0.2) is 0 Å². The summed E-state index contributed by atoms with van der Waals surface area (Å²) in [4.78, 5) is 14.1. The maximum atomic E-state index is 13.0. The molecule has 0 spiro atoms. The van der Waals surface area contributed by atoms with Crippen molar-refractivity contribution in [2.45, 2.75) is 63.2 Å². The molecule has 1 amide bonds. The number of ether oxygens (including phenoxy) is 1. The zero-order chi connectivity index (χ0) is 25.1. The fourth-order valence-electron chi connectivity index (χ4n) is 3.64. The van der Waals surface area contributed by atoms with E-state index >= 15 is 0 Å². The fraction of sp³-hybridized carbons (Fsp3) is 0.458. The highest BCUT2D eigenvalue weighted by Gasteiger charge is 2.33. The molecule has 0 aliphatic heterocycles. The van der Waals surface area contributed by atoms with Crippen molar-refractivity contribution < 1.29 is 35.3 Å². The van der Waals surface area contributed by atoms with Gasteiger partial charge in [-0.15, -0.1) is 0 Å². The van der Waals surface area contributed by atoms with E-state index in [-0.39, 0.29) is 35.9 Å². The van der Waals surface area contributed by atoms with Gasteiger partial charge in [0.2, 0.25) is 5.91 Å². The Bertz CT molecular complexity index is 1130. The van der Waals surface area contributed by atoms with Crippen molar-refractivity contribution in [1.29, 1.82) is 0 Å². The van der Waals surface area contributed by atoms with Gasteiger partial charge in [0.15, 0.2) is 11.5 Å². The topological polar surface area (TPSA) is 72.9 Å². The van der Waals surface area contributed by atoms with Crippen LogP contribution in [-0.4, -0.2) is 32.4 Å². The Morgan fingerprint density at radius 1 is 1.15 bits per heavy atom. The third kappa shape index (κ3) is 5.84. The van der Waals surface area contributed by atoms with E-state index < -0.39 is 26.8 Å². The molecule has 1 saturated carbocycles. The third-order valence-electron chi connectivity index (χ3n) is 6.09. The second-order valence-electron chi connectivity index (χ2n) is 8.40. The van der Waals surface area contributed by atoms with Crippen LogP contribution in [0.3, 0.4) is 0 Å². The first kappa shape index (κ1) is 25.9. The van der Waals surface area contributed by atoms with Crippen LogP contribution in [0.2, 0.25) is 0 Å². The van der Waals surface area contributed by atoms with Crippen molar-refractivity contribution in [3.63, 3.8) is 0 Å². The fourth-order valence-corrected chi connectivity index (χ4v) is 4.62. The zero-order valence-electron chi connectivity index (χ0n) is 19.3. The number of rotatable bonds is 9. The SMILES string of the molecule is CC[C@@H](C)N(Cc1ccc(OC)c(OS(=O)(=O)c2cccc(C(F)(F)F)c2)c1)C(=O)C1CCC1. The van der Waals surface area contributed by atoms with Crippen LogP contribution in [0.5, 0.6) is 11.5 Å². The number of hydrogen-bond acceptors (Lipinski definition) is 5. The van der Waals surface area contributed by atoms with Gasteiger partial charge in [-0.3, -0.25) is 4.79 Å². The molecule has 1 aliphatic rings. The zero-order valence-corrected chi connectivity index (χ0v) is 20.1. The molecular formula is C24H28F3NO5S. The summed E-state index contributed by atoms with van der Waals surface area (Å²) in [5.41, 5.74) is -0.486. The minimum Gasteiger partial charge on any atom is -0.493 e. The largest absolute Gasteiger partial charge is 0.493 e. The van der Waals surface area contributed by atoms with Crippen LogP contribution in [0.15, 0.2) is 47.4 Å².